The average Bonchev–Trinajstić information content (AvgIpc) is 2.51. The first-order valence-corrected chi connectivity index (χ1v) is 6.41. The molecule has 0 aliphatic carbocycles. The van der Waals surface area contributed by atoms with Gasteiger partial charge in [-0.25, -0.2) is 9.82 Å². The molecular formula is C15H11F4N3O. The molecule has 2 aromatic rings. The van der Waals surface area contributed by atoms with Crippen molar-refractivity contribution in [2.75, 3.05) is 0 Å². The van der Waals surface area contributed by atoms with E-state index < -0.39 is 29.0 Å². The molecule has 8 heteroatoms. The molecule has 0 fully saturated rings. The molecule has 1 aromatic carbocycles. The molecule has 0 spiro atoms. The van der Waals surface area contributed by atoms with Crippen molar-refractivity contribution in [1.82, 2.24) is 10.4 Å². The Morgan fingerprint density at radius 3 is 2.65 bits per heavy atom. The molecular weight excluding hydrogens is 314 g/mol. The van der Waals surface area contributed by atoms with Gasteiger partial charge in [0.2, 0.25) is 0 Å². The van der Waals surface area contributed by atoms with Crippen molar-refractivity contribution >= 4 is 11.6 Å². The van der Waals surface area contributed by atoms with Crippen LogP contribution in [0.15, 0.2) is 47.8 Å². The monoisotopic (exact) mass is 325 g/mol. The third-order valence-electron chi connectivity index (χ3n) is 2.94. The van der Waals surface area contributed by atoms with Gasteiger partial charge in [0.1, 0.15) is 5.82 Å². The van der Waals surface area contributed by atoms with Gasteiger partial charge >= 0.3 is 6.18 Å². The average molecular weight is 325 g/mol. The number of benzene rings is 1. The standard InChI is InChI=1S/C15H11F4N3O/c1-9(10-3-2-4-11(16)7-10)21-22-14(23)12-8-20-6-5-13(12)15(17,18)19/h2-8H,1H3,(H,22,23). The van der Waals surface area contributed by atoms with Crippen LogP contribution >= 0.6 is 0 Å². The third-order valence-corrected chi connectivity index (χ3v) is 2.94. The number of rotatable bonds is 3. The second-order valence-electron chi connectivity index (χ2n) is 4.57. The molecule has 0 radical (unpaired) electrons. The van der Waals surface area contributed by atoms with Crippen LogP contribution in [0.5, 0.6) is 0 Å². The fourth-order valence-corrected chi connectivity index (χ4v) is 1.80. The number of aromatic nitrogens is 1. The first-order chi connectivity index (χ1) is 10.8. The highest BCUT2D eigenvalue weighted by Crippen LogP contribution is 2.31. The van der Waals surface area contributed by atoms with E-state index in [-0.39, 0.29) is 5.71 Å². The van der Waals surface area contributed by atoms with Crippen LogP contribution in [0.2, 0.25) is 0 Å². The highest BCUT2D eigenvalue weighted by Gasteiger charge is 2.35. The van der Waals surface area contributed by atoms with E-state index in [0.29, 0.717) is 11.6 Å². The van der Waals surface area contributed by atoms with Crippen LogP contribution in [-0.2, 0) is 6.18 Å². The van der Waals surface area contributed by atoms with Crippen molar-refractivity contribution in [2.24, 2.45) is 5.10 Å². The lowest BCUT2D eigenvalue weighted by molar-refractivity contribution is -0.138. The van der Waals surface area contributed by atoms with Crippen LogP contribution in [0, 0.1) is 5.82 Å². The maximum atomic E-state index is 13.1. The second-order valence-corrected chi connectivity index (χ2v) is 4.57. The van der Waals surface area contributed by atoms with Gasteiger partial charge in [-0.15, -0.1) is 0 Å². The first kappa shape index (κ1) is 16.6. The van der Waals surface area contributed by atoms with Crippen LogP contribution in [-0.4, -0.2) is 16.6 Å². The number of halogens is 4. The Morgan fingerprint density at radius 1 is 1.26 bits per heavy atom. The number of nitrogens with zero attached hydrogens (tertiary/aromatic N) is 2. The Hall–Kier alpha value is -2.77. The minimum atomic E-state index is -4.68. The topological polar surface area (TPSA) is 54.4 Å². The van der Waals surface area contributed by atoms with Crippen LogP contribution in [0.1, 0.15) is 28.4 Å². The smallest absolute Gasteiger partial charge is 0.267 e. The van der Waals surface area contributed by atoms with Crippen molar-refractivity contribution in [2.45, 2.75) is 13.1 Å². The van der Waals surface area contributed by atoms with E-state index in [1.807, 2.05) is 5.43 Å². The summed E-state index contributed by atoms with van der Waals surface area (Å²) in [4.78, 5) is 15.4. The summed E-state index contributed by atoms with van der Waals surface area (Å²) >= 11 is 0. The number of pyridine rings is 1. The molecule has 23 heavy (non-hydrogen) atoms. The number of amides is 1. The van der Waals surface area contributed by atoms with Gasteiger partial charge in [-0.2, -0.15) is 18.3 Å². The molecule has 2 rings (SSSR count). The number of alkyl halides is 3. The van der Waals surface area contributed by atoms with Gasteiger partial charge in [0.05, 0.1) is 16.8 Å². The largest absolute Gasteiger partial charge is 0.417 e. The van der Waals surface area contributed by atoms with E-state index in [1.54, 1.807) is 6.07 Å². The molecule has 1 heterocycles. The van der Waals surface area contributed by atoms with E-state index in [0.717, 1.165) is 12.4 Å². The van der Waals surface area contributed by atoms with Crippen LogP contribution in [0.25, 0.3) is 0 Å². The normalized spacial score (nSPS) is 12.1. The molecule has 0 saturated heterocycles. The summed E-state index contributed by atoms with van der Waals surface area (Å²) < 4.78 is 51.6. The zero-order valence-electron chi connectivity index (χ0n) is 11.9. The molecule has 120 valence electrons. The molecule has 0 aliphatic rings. The summed E-state index contributed by atoms with van der Waals surface area (Å²) in [7, 11) is 0. The Kier molecular flexibility index (Phi) is 4.73. The summed E-state index contributed by atoms with van der Waals surface area (Å²) in [5.41, 5.74) is 0.907. The maximum absolute atomic E-state index is 13.1. The lowest BCUT2D eigenvalue weighted by Gasteiger charge is -2.10. The summed E-state index contributed by atoms with van der Waals surface area (Å²) in [5.74, 6) is -1.55. The number of hydrogen-bond acceptors (Lipinski definition) is 3. The molecule has 4 nitrogen and oxygen atoms in total. The lowest BCUT2D eigenvalue weighted by atomic mass is 10.1. The van der Waals surface area contributed by atoms with E-state index >= 15 is 0 Å². The number of hydrogen-bond donors (Lipinski definition) is 1. The molecule has 1 aromatic heterocycles. The third kappa shape index (κ3) is 4.12. The molecule has 1 amide bonds. The second kappa shape index (κ2) is 6.55. The van der Waals surface area contributed by atoms with Gasteiger partial charge in [0.25, 0.3) is 5.91 Å². The van der Waals surface area contributed by atoms with Gasteiger partial charge in [-0.3, -0.25) is 9.78 Å². The number of hydrazone groups is 1. The quantitative estimate of drug-likeness (QED) is 0.534. The fourth-order valence-electron chi connectivity index (χ4n) is 1.80. The van der Waals surface area contributed by atoms with Crippen molar-refractivity contribution in [3.8, 4) is 0 Å². The minimum absolute atomic E-state index is 0.246. The molecule has 0 unspecified atom stereocenters. The molecule has 0 aliphatic heterocycles. The molecule has 0 bridgehead atoms. The highest BCUT2D eigenvalue weighted by molar-refractivity contribution is 6.01. The Morgan fingerprint density at radius 2 is 2.00 bits per heavy atom. The predicted molar refractivity (Wildman–Crippen MR) is 75.3 cm³/mol. The highest BCUT2D eigenvalue weighted by atomic mass is 19.4. The summed E-state index contributed by atoms with van der Waals surface area (Å²) in [6, 6.07) is 6.14. The van der Waals surface area contributed by atoms with Crippen molar-refractivity contribution in [3.63, 3.8) is 0 Å². The van der Waals surface area contributed by atoms with Gasteiger partial charge in [0, 0.05) is 18.0 Å². The Bertz CT molecular complexity index is 756. The Balaban J connectivity index is 2.22. The Labute approximate surface area is 128 Å². The van der Waals surface area contributed by atoms with Crippen molar-refractivity contribution in [1.29, 1.82) is 0 Å². The predicted octanol–water partition coefficient (Wildman–Crippen LogP) is 3.39. The molecule has 1 N–H and O–H groups in total. The van der Waals surface area contributed by atoms with E-state index in [1.165, 1.54) is 25.1 Å². The SMILES string of the molecule is CC(=NNC(=O)c1cnccc1C(F)(F)F)c1cccc(F)c1. The maximum Gasteiger partial charge on any atom is 0.417 e. The van der Waals surface area contributed by atoms with Crippen LogP contribution in [0.4, 0.5) is 17.6 Å². The van der Waals surface area contributed by atoms with Gasteiger partial charge < -0.3 is 0 Å². The summed E-state index contributed by atoms with van der Waals surface area (Å²) in [6.45, 7) is 1.49. The van der Waals surface area contributed by atoms with E-state index in [9.17, 15) is 22.4 Å². The summed E-state index contributed by atoms with van der Waals surface area (Å²) in [5, 5.41) is 3.69. The lowest BCUT2D eigenvalue weighted by Crippen LogP contribution is -2.23. The zero-order chi connectivity index (χ0) is 17.0. The minimum Gasteiger partial charge on any atom is -0.267 e. The van der Waals surface area contributed by atoms with E-state index in [2.05, 4.69) is 10.1 Å². The van der Waals surface area contributed by atoms with E-state index in [4.69, 9.17) is 0 Å². The van der Waals surface area contributed by atoms with Crippen molar-refractivity contribution < 1.29 is 22.4 Å². The first-order valence-electron chi connectivity index (χ1n) is 6.41. The van der Waals surface area contributed by atoms with Crippen LogP contribution < -0.4 is 5.43 Å². The fraction of sp³-hybridized carbons (Fsp3) is 0.133. The number of carbonyl (C=O) groups is 1. The van der Waals surface area contributed by atoms with Gasteiger partial charge in [-0.05, 0) is 25.1 Å². The number of carbonyl (C=O) groups excluding carboxylic acids is 1. The molecule has 0 saturated carbocycles. The summed E-state index contributed by atoms with van der Waals surface area (Å²) in [6.07, 6.45) is -2.93. The van der Waals surface area contributed by atoms with Gasteiger partial charge in [0.15, 0.2) is 0 Å². The zero-order valence-corrected chi connectivity index (χ0v) is 11.9. The van der Waals surface area contributed by atoms with Gasteiger partial charge in [-0.1, -0.05) is 12.1 Å². The van der Waals surface area contributed by atoms with Crippen LogP contribution in [0.3, 0.4) is 0 Å². The molecule has 0 atom stereocenters. The van der Waals surface area contributed by atoms with Crippen molar-refractivity contribution in [3.05, 3.63) is 65.2 Å². The number of nitrogens with one attached hydrogen (secondary N) is 1.